The lowest BCUT2D eigenvalue weighted by Gasteiger charge is -2.17. The molecule has 0 fully saturated rings. The first-order chi connectivity index (χ1) is 9.28. The van der Waals surface area contributed by atoms with E-state index in [0.717, 1.165) is 18.4 Å². The van der Waals surface area contributed by atoms with E-state index in [4.69, 9.17) is 0 Å². The second-order valence-corrected chi connectivity index (χ2v) is 4.81. The molecule has 2 heteroatoms. The highest BCUT2D eigenvalue weighted by Crippen LogP contribution is 2.08. The molecule has 2 rings (SSSR count). The summed E-state index contributed by atoms with van der Waals surface area (Å²) >= 11 is 0. The average Bonchev–Trinajstić information content (AvgIpc) is 2.44. The summed E-state index contributed by atoms with van der Waals surface area (Å²) in [6.45, 7) is 2.88. The third-order valence-corrected chi connectivity index (χ3v) is 3.30. The highest BCUT2D eigenvalue weighted by atomic mass is 19.1. The fourth-order valence-corrected chi connectivity index (χ4v) is 2.17. The van der Waals surface area contributed by atoms with Crippen molar-refractivity contribution >= 4 is 0 Å². The number of rotatable bonds is 6. The summed E-state index contributed by atoms with van der Waals surface area (Å²) in [6, 6.07) is 17.6. The average molecular weight is 257 g/mol. The molecule has 0 saturated heterocycles. The number of hydrogen-bond donors (Lipinski definition) is 1. The zero-order valence-electron chi connectivity index (χ0n) is 11.3. The maximum Gasteiger partial charge on any atom is 0.123 e. The van der Waals surface area contributed by atoms with E-state index in [0.29, 0.717) is 12.6 Å². The summed E-state index contributed by atoms with van der Waals surface area (Å²) in [5.41, 5.74) is 2.33. The molecule has 19 heavy (non-hydrogen) atoms. The van der Waals surface area contributed by atoms with Crippen LogP contribution in [0.25, 0.3) is 0 Å². The number of halogens is 1. The molecule has 0 spiro atoms. The first-order valence-electron chi connectivity index (χ1n) is 6.79. The highest BCUT2D eigenvalue weighted by Gasteiger charge is 2.06. The van der Waals surface area contributed by atoms with Crippen LogP contribution in [0, 0.1) is 5.82 Å². The van der Waals surface area contributed by atoms with Gasteiger partial charge in [0.15, 0.2) is 0 Å². The molecule has 0 aliphatic carbocycles. The lowest BCUT2D eigenvalue weighted by atomic mass is 10.0. The Morgan fingerprint density at radius 3 is 2.42 bits per heavy atom. The van der Waals surface area contributed by atoms with E-state index in [1.165, 1.54) is 11.6 Å². The van der Waals surface area contributed by atoms with Gasteiger partial charge in [0.1, 0.15) is 5.82 Å². The molecule has 0 bridgehead atoms. The van der Waals surface area contributed by atoms with Crippen molar-refractivity contribution < 1.29 is 4.39 Å². The van der Waals surface area contributed by atoms with Gasteiger partial charge < -0.3 is 5.32 Å². The summed E-state index contributed by atoms with van der Waals surface area (Å²) in [7, 11) is 0. The van der Waals surface area contributed by atoms with Crippen molar-refractivity contribution in [3.8, 4) is 0 Å². The number of benzene rings is 2. The van der Waals surface area contributed by atoms with Gasteiger partial charge >= 0.3 is 0 Å². The Morgan fingerprint density at radius 2 is 1.74 bits per heavy atom. The molecule has 0 aromatic heterocycles. The molecule has 1 N–H and O–H groups in total. The van der Waals surface area contributed by atoms with E-state index >= 15 is 0 Å². The Labute approximate surface area is 114 Å². The van der Waals surface area contributed by atoms with Gasteiger partial charge in [-0.1, -0.05) is 49.4 Å². The van der Waals surface area contributed by atoms with Crippen LogP contribution < -0.4 is 5.32 Å². The smallest absolute Gasteiger partial charge is 0.123 e. The van der Waals surface area contributed by atoms with Gasteiger partial charge in [-0.15, -0.1) is 0 Å². The third kappa shape index (κ3) is 4.49. The first kappa shape index (κ1) is 13.8. The Morgan fingerprint density at radius 1 is 1.00 bits per heavy atom. The van der Waals surface area contributed by atoms with E-state index in [-0.39, 0.29) is 5.82 Å². The second-order valence-electron chi connectivity index (χ2n) is 4.81. The topological polar surface area (TPSA) is 12.0 Å². The van der Waals surface area contributed by atoms with E-state index in [1.807, 2.05) is 12.1 Å². The Bertz CT molecular complexity index is 496. The van der Waals surface area contributed by atoms with Gasteiger partial charge in [-0.25, -0.2) is 4.39 Å². The molecule has 0 saturated carbocycles. The monoisotopic (exact) mass is 257 g/mol. The molecule has 2 aromatic rings. The van der Waals surface area contributed by atoms with Crippen LogP contribution in [0.1, 0.15) is 24.5 Å². The zero-order chi connectivity index (χ0) is 13.5. The van der Waals surface area contributed by atoms with Crippen molar-refractivity contribution in [3.05, 3.63) is 71.5 Å². The maximum absolute atomic E-state index is 13.1. The van der Waals surface area contributed by atoms with Crippen LogP contribution in [-0.4, -0.2) is 6.04 Å². The Hall–Kier alpha value is -1.67. The zero-order valence-corrected chi connectivity index (χ0v) is 11.3. The molecule has 0 amide bonds. The third-order valence-electron chi connectivity index (χ3n) is 3.30. The van der Waals surface area contributed by atoms with Crippen LogP contribution in [0.2, 0.25) is 0 Å². The standard InChI is InChI=1S/C17H20FN/c1-2-17(12-14-7-4-3-5-8-14)19-13-15-9-6-10-16(18)11-15/h3-11,17,19H,2,12-13H2,1H3. The van der Waals surface area contributed by atoms with Gasteiger partial charge in [-0.05, 0) is 36.1 Å². The van der Waals surface area contributed by atoms with E-state index in [9.17, 15) is 4.39 Å². The lowest BCUT2D eigenvalue weighted by Crippen LogP contribution is -2.30. The van der Waals surface area contributed by atoms with E-state index in [2.05, 4.69) is 36.5 Å². The van der Waals surface area contributed by atoms with Crippen LogP contribution in [0.15, 0.2) is 54.6 Å². The van der Waals surface area contributed by atoms with Crippen LogP contribution in [-0.2, 0) is 13.0 Å². The molecule has 2 aromatic carbocycles. The Kier molecular flexibility index (Phi) is 5.10. The minimum atomic E-state index is -0.171. The summed E-state index contributed by atoms with van der Waals surface area (Å²) in [4.78, 5) is 0. The summed E-state index contributed by atoms with van der Waals surface area (Å²) in [5.74, 6) is -0.171. The second kappa shape index (κ2) is 7.05. The molecule has 1 atom stereocenters. The van der Waals surface area contributed by atoms with Gasteiger partial charge in [0.2, 0.25) is 0 Å². The fourth-order valence-electron chi connectivity index (χ4n) is 2.17. The van der Waals surface area contributed by atoms with Crippen LogP contribution in [0.4, 0.5) is 4.39 Å². The molecule has 0 aliphatic rings. The fraction of sp³-hybridized carbons (Fsp3) is 0.294. The van der Waals surface area contributed by atoms with Crippen molar-refractivity contribution in [1.29, 1.82) is 0 Å². The van der Waals surface area contributed by atoms with Crippen molar-refractivity contribution in [2.24, 2.45) is 0 Å². The van der Waals surface area contributed by atoms with Crippen molar-refractivity contribution in [1.82, 2.24) is 5.32 Å². The lowest BCUT2D eigenvalue weighted by molar-refractivity contribution is 0.493. The number of hydrogen-bond acceptors (Lipinski definition) is 1. The van der Waals surface area contributed by atoms with E-state index in [1.54, 1.807) is 12.1 Å². The summed E-state index contributed by atoms with van der Waals surface area (Å²) in [5, 5.41) is 3.49. The molecular formula is C17H20FN. The van der Waals surface area contributed by atoms with Gasteiger partial charge in [0.25, 0.3) is 0 Å². The highest BCUT2D eigenvalue weighted by molar-refractivity contribution is 5.17. The summed E-state index contributed by atoms with van der Waals surface area (Å²) < 4.78 is 13.1. The quantitative estimate of drug-likeness (QED) is 0.826. The normalized spacial score (nSPS) is 12.3. The molecule has 1 unspecified atom stereocenters. The predicted molar refractivity (Wildman–Crippen MR) is 77.5 cm³/mol. The number of nitrogens with one attached hydrogen (secondary N) is 1. The van der Waals surface area contributed by atoms with E-state index < -0.39 is 0 Å². The predicted octanol–water partition coefficient (Wildman–Crippen LogP) is 3.94. The minimum Gasteiger partial charge on any atom is -0.310 e. The summed E-state index contributed by atoms with van der Waals surface area (Å²) in [6.07, 6.45) is 2.07. The van der Waals surface area contributed by atoms with Crippen LogP contribution >= 0.6 is 0 Å². The van der Waals surface area contributed by atoms with Crippen molar-refractivity contribution in [3.63, 3.8) is 0 Å². The largest absolute Gasteiger partial charge is 0.310 e. The molecule has 1 nitrogen and oxygen atoms in total. The molecular weight excluding hydrogens is 237 g/mol. The van der Waals surface area contributed by atoms with Gasteiger partial charge in [0, 0.05) is 12.6 Å². The molecule has 100 valence electrons. The molecule has 0 aliphatic heterocycles. The van der Waals surface area contributed by atoms with Gasteiger partial charge in [-0.2, -0.15) is 0 Å². The van der Waals surface area contributed by atoms with Crippen molar-refractivity contribution in [2.45, 2.75) is 32.4 Å². The first-order valence-corrected chi connectivity index (χ1v) is 6.79. The molecule has 0 radical (unpaired) electrons. The van der Waals surface area contributed by atoms with Crippen LogP contribution in [0.3, 0.4) is 0 Å². The minimum absolute atomic E-state index is 0.171. The van der Waals surface area contributed by atoms with Gasteiger partial charge in [0.05, 0.1) is 0 Å². The Balaban J connectivity index is 1.89. The SMILES string of the molecule is CCC(Cc1ccccc1)NCc1cccc(F)c1. The van der Waals surface area contributed by atoms with Crippen molar-refractivity contribution in [2.75, 3.05) is 0 Å². The molecule has 0 heterocycles. The maximum atomic E-state index is 13.1. The van der Waals surface area contributed by atoms with Gasteiger partial charge in [-0.3, -0.25) is 0 Å². The van der Waals surface area contributed by atoms with Crippen LogP contribution in [0.5, 0.6) is 0 Å².